The van der Waals surface area contributed by atoms with Crippen molar-refractivity contribution in [3.05, 3.63) is 34.8 Å². The monoisotopic (exact) mass is 263 g/mol. The Kier molecular flexibility index (Phi) is 2.09. The third-order valence-electron chi connectivity index (χ3n) is 2.79. The minimum atomic E-state index is 1.02. The van der Waals surface area contributed by atoms with Crippen LogP contribution in [0.2, 0.25) is 0 Å². The molecule has 0 unspecified atom stereocenters. The van der Waals surface area contributed by atoms with E-state index in [0.29, 0.717) is 0 Å². The van der Waals surface area contributed by atoms with Crippen LogP contribution in [-0.4, -0.2) is 14.5 Å². The summed E-state index contributed by atoms with van der Waals surface area (Å²) in [5.74, 6) is 1.03. The van der Waals surface area contributed by atoms with Gasteiger partial charge in [-0.15, -0.1) is 0 Å². The van der Waals surface area contributed by atoms with E-state index in [2.05, 4.69) is 36.5 Å². The highest BCUT2D eigenvalue weighted by atomic mass is 79.9. The molecular weight excluding hydrogens is 254 g/mol. The maximum atomic E-state index is 4.43. The minimum absolute atomic E-state index is 1.02. The summed E-state index contributed by atoms with van der Waals surface area (Å²) in [5, 5.41) is 0. The van der Waals surface area contributed by atoms with Crippen LogP contribution in [0.4, 0.5) is 0 Å². The number of aromatic nitrogens is 3. The van der Waals surface area contributed by atoms with Crippen LogP contribution in [0.1, 0.15) is 12.0 Å². The third-order valence-corrected chi connectivity index (χ3v) is 3.42. The van der Waals surface area contributed by atoms with Crippen molar-refractivity contribution >= 4 is 15.9 Å². The number of aryl methyl sites for hydroxylation is 1. The predicted molar refractivity (Wildman–Crippen MR) is 61.5 cm³/mol. The smallest absolute Gasteiger partial charge is 0.142 e. The molecule has 0 saturated carbocycles. The van der Waals surface area contributed by atoms with Gasteiger partial charge in [-0.3, -0.25) is 4.98 Å². The van der Waals surface area contributed by atoms with Crippen molar-refractivity contribution in [3.8, 4) is 11.4 Å². The normalized spacial score (nSPS) is 14.2. The van der Waals surface area contributed by atoms with Gasteiger partial charge < -0.3 is 4.57 Å². The molecule has 0 fully saturated rings. The molecule has 0 N–H and O–H groups in total. The van der Waals surface area contributed by atoms with Gasteiger partial charge in [-0.1, -0.05) is 0 Å². The second-order valence-electron chi connectivity index (χ2n) is 3.69. The summed E-state index contributed by atoms with van der Waals surface area (Å²) >= 11 is 3.52. The Hall–Kier alpha value is -1.16. The summed E-state index contributed by atoms with van der Waals surface area (Å²) in [5.41, 5.74) is 2.52. The van der Waals surface area contributed by atoms with Gasteiger partial charge in [0.2, 0.25) is 0 Å². The fraction of sp³-hybridized carbons (Fsp3) is 0.273. The molecule has 0 amide bonds. The van der Waals surface area contributed by atoms with E-state index in [-0.39, 0.29) is 0 Å². The van der Waals surface area contributed by atoms with Gasteiger partial charge in [-0.05, 0) is 40.4 Å². The highest BCUT2D eigenvalue weighted by molar-refractivity contribution is 9.10. The molecule has 0 atom stereocenters. The van der Waals surface area contributed by atoms with Gasteiger partial charge in [0, 0.05) is 24.5 Å². The van der Waals surface area contributed by atoms with Crippen LogP contribution in [-0.2, 0) is 13.0 Å². The maximum Gasteiger partial charge on any atom is 0.142 e. The van der Waals surface area contributed by atoms with Gasteiger partial charge in [0.15, 0.2) is 0 Å². The summed E-state index contributed by atoms with van der Waals surface area (Å²) in [7, 11) is 0. The zero-order valence-corrected chi connectivity index (χ0v) is 9.74. The van der Waals surface area contributed by atoms with E-state index in [4.69, 9.17) is 0 Å². The summed E-state index contributed by atoms with van der Waals surface area (Å²) in [6.07, 6.45) is 7.88. The Bertz CT molecular complexity index is 504. The van der Waals surface area contributed by atoms with Crippen LogP contribution >= 0.6 is 15.9 Å². The lowest BCUT2D eigenvalue weighted by atomic mass is 10.1. The zero-order valence-electron chi connectivity index (χ0n) is 8.15. The summed E-state index contributed by atoms with van der Waals surface area (Å²) in [6, 6.07) is 2.09. The van der Waals surface area contributed by atoms with Crippen molar-refractivity contribution in [1.82, 2.24) is 14.5 Å². The molecule has 0 bridgehead atoms. The standard InChI is InChI=1S/C11H10BrN3/c12-10-7-14-11-9-6-13-4-3-8(9)2-1-5-15(10)11/h3-4,6-7H,1-2,5H2. The van der Waals surface area contributed by atoms with Crippen LogP contribution in [0.3, 0.4) is 0 Å². The van der Waals surface area contributed by atoms with Crippen molar-refractivity contribution in [2.24, 2.45) is 0 Å². The van der Waals surface area contributed by atoms with Crippen molar-refractivity contribution in [2.75, 3.05) is 0 Å². The topological polar surface area (TPSA) is 30.7 Å². The fourth-order valence-corrected chi connectivity index (χ4v) is 2.50. The van der Waals surface area contributed by atoms with Gasteiger partial charge in [-0.2, -0.15) is 0 Å². The number of hydrogen-bond donors (Lipinski definition) is 0. The average Bonchev–Trinajstić information content (AvgIpc) is 2.53. The highest BCUT2D eigenvalue weighted by Crippen LogP contribution is 2.29. The average molecular weight is 264 g/mol. The lowest BCUT2D eigenvalue weighted by Crippen LogP contribution is -1.98. The molecule has 0 aliphatic carbocycles. The van der Waals surface area contributed by atoms with Gasteiger partial charge in [0.05, 0.1) is 6.20 Å². The first kappa shape index (κ1) is 9.09. The van der Waals surface area contributed by atoms with Crippen LogP contribution in [0.5, 0.6) is 0 Å². The van der Waals surface area contributed by atoms with E-state index >= 15 is 0 Å². The number of rotatable bonds is 0. The van der Waals surface area contributed by atoms with Crippen molar-refractivity contribution < 1.29 is 0 Å². The number of pyridine rings is 1. The van der Waals surface area contributed by atoms with Crippen LogP contribution in [0.25, 0.3) is 11.4 Å². The fourth-order valence-electron chi connectivity index (χ4n) is 2.05. The molecule has 0 saturated heterocycles. The molecule has 0 spiro atoms. The first-order valence-corrected chi connectivity index (χ1v) is 5.80. The molecule has 3 nitrogen and oxygen atoms in total. The van der Waals surface area contributed by atoms with E-state index in [9.17, 15) is 0 Å². The largest absolute Gasteiger partial charge is 0.319 e. The van der Waals surface area contributed by atoms with Gasteiger partial charge in [-0.25, -0.2) is 4.98 Å². The molecule has 4 heteroatoms. The molecule has 3 rings (SSSR count). The molecular formula is C11H10BrN3. The second kappa shape index (κ2) is 3.45. The number of imidazole rings is 1. The molecule has 76 valence electrons. The van der Waals surface area contributed by atoms with E-state index in [1.807, 2.05) is 18.6 Å². The number of nitrogens with zero attached hydrogens (tertiary/aromatic N) is 3. The second-order valence-corrected chi connectivity index (χ2v) is 4.51. The lowest BCUT2D eigenvalue weighted by molar-refractivity contribution is 0.652. The molecule has 1 aliphatic heterocycles. The number of fused-ring (bicyclic) bond motifs is 3. The molecule has 3 heterocycles. The van der Waals surface area contributed by atoms with Crippen molar-refractivity contribution in [3.63, 3.8) is 0 Å². The Balaban J connectivity index is 2.27. The van der Waals surface area contributed by atoms with E-state index in [0.717, 1.165) is 29.8 Å². The predicted octanol–water partition coefficient (Wildman–Crippen LogP) is 2.65. The lowest BCUT2D eigenvalue weighted by Gasteiger charge is -2.04. The maximum absolute atomic E-state index is 4.43. The molecule has 2 aromatic heterocycles. The van der Waals surface area contributed by atoms with Crippen LogP contribution < -0.4 is 0 Å². The van der Waals surface area contributed by atoms with Gasteiger partial charge in [0.1, 0.15) is 10.4 Å². The molecule has 15 heavy (non-hydrogen) atoms. The zero-order chi connectivity index (χ0) is 10.3. The molecule has 2 aromatic rings. The molecule has 1 aliphatic rings. The van der Waals surface area contributed by atoms with E-state index in [1.165, 1.54) is 11.1 Å². The SMILES string of the molecule is Brc1cnc2n1CCCc1ccncc1-2. The Morgan fingerprint density at radius 3 is 3.20 bits per heavy atom. The summed E-state index contributed by atoms with van der Waals surface area (Å²) in [6.45, 7) is 1.02. The quantitative estimate of drug-likeness (QED) is 0.732. The molecule has 0 aromatic carbocycles. The number of hydrogen-bond acceptors (Lipinski definition) is 2. The van der Waals surface area contributed by atoms with E-state index < -0.39 is 0 Å². The Morgan fingerprint density at radius 2 is 2.27 bits per heavy atom. The first-order chi connectivity index (χ1) is 7.36. The Morgan fingerprint density at radius 1 is 1.33 bits per heavy atom. The van der Waals surface area contributed by atoms with Gasteiger partial charge in [0.25, 0.3) is 0 Å². The van der Waals surface area contributed by atoms with Gasteiger partial charge >= 0.3 is 0 Å². The number of halogens is 1. The highest BCUT2D eigenvalue weighted by Gasteiger charge is 2.16. The van der Waals surface area contributed by atoms with Crippen molar-refractivity contribution in [2.45, 2.75) is 19.4 Å². The molecule has 0 radical (unpaired) electrons. The third kappa shape index (κ3) is 1.40. The minimum Gasteiger partial charge on any atom is -0.319 e. The van der Waals surface area contributed by atoms with E-state index in [1.54, 1.807) is 0 Å². The first-order valence-electron chi connectivity index (χ1n) is 5.00. The summed E-state index contributed by atoms with van der Waals surface area (Å²) < 4.78 is 3.25. The Labute approximate surface area is 96.3 Å². The summed E-state index contributed by atoms with van der Waals surface area (Å²) in [4.78, 5) is 8.61. The van der Waals surface area contributed by atoms with Crippen LogP contribution in [0.15, 0.2) is 29.3 Å². The van der Waals surface area contributed by atoms with Crippen molar-refractivity contribution in [1.29, 1.82) is 0 Å². The van der Waals surface area contributed by atoms with Crippen LogP contribution in [0, 0.1) is 0 Å².